The van der Waals surface area contributed by atoms with E-state index in [2.05, 4.69) is 33.9 Å². The third-order valence-electron chi connectivity index (χ3n) is 4.62. The molecule has 0 aliphatic carbocycles. The Balaban J connectivity index is 1.91. The van der Waals surface area contributed by atoms with Crippen LogP contribution in [0.15, 0.2) is 29.8 Å². The lowest BCUT2D eigenvalue weighted by molar-refractivity contribution is 0.256. The van der Waals surface area contributed by atoms with Crippen LogP contribution in [0.4, 0.5) is 0 Å². The van der Waals surface area contributed by atoms with Crippen LogP contribution < -0.4 is 4.72 Å². The number of aromatic nitrogens is 1. The third kappa shape index (κ3) is 3.65. The molecular formula is C17H23N3O2S. The molecule has 1 aromatic carbocycles. The molecule has 23 heavy (non-hydrogen) atoms. The van der Waals surface area contributed by atoms with Gasteiger partial charge in [-0.3, -0.25) is 0 Å². The lowest BCUT2D eigenvalue weighted by Gasteiger charge is -2.28. The summed E-state index contributed by atoms with van der Waals surface area (Å²) in [5, 5.41) is 2.40. The maximum absolute atomic E-state index is 11.5. The van der Waals surface area contributed by atoms with Gasteiger partial charge in [-0.2, -0.15) is 0 Å². The number of H-pyrrole nitrogens is 1. The Morgan fingerprint density at radius 3 is 2.74 bits per heavy atom. The quantitative estimate of drug-likeness (QED) is 0.903. The van der Waals surface area contributed by atoms with Crippen LogP contribution in [0.1, 0.15) is 29.9 Å². The van der Waals surface area contributed by atoms with Crippen molar-refractivity contribution in [3.05, 3.63) is 40.9 Å². The fourth-order valence-corrected chi connectivity index (χ4v) is 3.63. The van der Waals surface area contributed by atoms with Crippen molar-refractivity contribution in [1.82, 2.24) is 14.6 Å². The highest BCUT2D eigenvalue weighted by atomic mass is 32.2. The summed E-state index contributed by atoms with van der Waals surface area (Å²) in [6.45, 7) is 2.24. The third-order valence-corrected chi connectivity index (χ3v) is 5.68. The highest BCUT2D eigenvalue weighted by Crippen LogP contribution is 2.33. The molecule has 0 bridgehead atoms. The van der Waals surface area contributed by atoms with Gasteiger partial charge in [0.15, 0.2) is 0 Å². The summed E-state index contributed by atoms with van der Waals surface area (Å²) in [4.78, 5) is 5.70. The monoisotopic (exact) mass is 333 g/mol. The fourth-order valence-electron chi connectivity index (χ4n) is 3.16. The minimum atomic E-state index is -3.34. The first-order valence-electron chi connectivity index (χ1n) is 7.90. The van der Waals surface area contributed by atoms with Gasteiger partial charge < -0.3 is 9.88 Å². The van der Waals surface area contributed by atoms with E-state index in [1.807, 2.05) is 12.1 Å². The molecule has 0 atom stereocenters. The number of hydrogen-bond donors (Lipinski definition) is 2. The van der Waals surface area contributed by atoms with E-state index in [0.717, 1.165) is 37.0 Å². The Morgan fingerprint density at radius 2 is 2.04 bits per heavy atom. The lowest BCUT2D eigenvalue weighted by atomic mass is 9.89. The number of hydrogen-bond acceptors (Lipinski definition) is 3. The summed E-state index contributed by atoms with van der Waals surface area (Å²) < 4.78 is 25.3. The van der Waals surface area contributed by atoms with Crippen molar-refractivity contribution >= 4 is 27.0 Å². The molecule has 0 spiro atoms. The number of benzene rings is 1. The van der Waals surface area contributed by atoms with E-state index in [1.165, 1.54) is 23.4 Å². The molecular weight excluding hydrogens is 310 g/mol. The first kappa shape index (κ1) is 16.2. The van der Waals surface area contributed by atoms with Crippen LogP contribution in [0.5, 0.6) is 0 Å². The molecule has 1 fully saturated rings. The van der Waals surface area contributed by atoms with Crippen molar-refractivity contribution in [2.45, 2.75) is 18.8 Å². The number of nitrogens with zero attached hydrogens (tertiary/aromatic N) is 1. The topological polar surface area (TPSA) is 65.2 Å². The Labute approximate surface area is 137 Å². The molecule has 0 amide bonds. The number of sulfonamides is 1. The molecule has 6 heteroatoms. The van der Waals surface area contributed by atoms with Gasteiger partial charge in [-0.15, -0.1) is 0 Å². The first-order valence-corrected chi connectivity index (χ1v) is 9.44. The average Bonchev–Trinajstić information content (AvgIpc) is 2.97. The maximum Gasteiger partial charge on any atom is 0.233 e. The van der Waals surface area contributed by atoms with Crippen molar-refractivity contribution in [3.8, 4) is 0 Å². The first-order chi connectivity index (χ1) is 11.0. The van der Waals surface area contributed by atoms with E-state index >= 15 is 0 Å². The number of fused-ring (bicyclic) bond motifs is 1. The zero-order chi connectivity index (χ0) is 16.4. The normalized spacial score (nSPS) is 18.2. The van der Waals surface area contributed by atoms with Gasteiger partial charge >= 0.3 is 0 Å². The van der Waals surface area contributed by atoms with Crippen molar-refractivity contribution in [3.63, 3.8) is 0 Å². The van der Waals surface area contributed by atoms with Gasteiger partial charge in [0, 0.05) is 22.5 Å². The molecule has 3 rings (SSSR count). The Morgan fingerprint density at radius 1 is 1.30 bits per heavy atom. The van der Waals surface area contributed by atoms with Gasteiger partial charge in [0.25, 0.3) is 0 Å². The van der Waals surface area contributed by atoms with Crippen LogP contribution in [0.25, 0.3) is 17.0 Å². The van der Waals surface area contributed by atoms with Crippen LogP contribution in [0.3, 0.4) is 0 Å². The molecule has 0 saturated carbocycles. The summed E-state index contributed by atoms with van der Waals surface area (Å²) in [6, 6.07) is 6.01. The SMILES string of the molecule is CNS(=O)(=O)C=Cc1ccc2[nH]cc(C3CCN(C)CC3)c2c1. The molecule has 1 aliphatic rings. The maximum atomic E-state index is 11.5. The van der Waals surface area contributed by atoms with Gasteiger partial charge in [0.05, 0.1) is 0 Å². The van der Waals surface area contributed by atoms with E-state index in [4.69, 9.17) is 0 Å². The Hall–Kier alpha value is -1.63. The minimum absolute atomic E-state index is 0.570. The predicted molar refractivity (Wildman–Crippen MR) is 94.8 cm³/mol. The molecule has 0 radical (unpaired) electrons. The van der Waals surface area contributed by atoms with Gasteiger partial charge in [0.1, 0.15) is 0 Å². The number of piperidine rings is 1. The van der Waals surface area contributed by atoms with Crippen molar-refractivity contribution in [2.24, 2.45) is 0 Å². The summed E-state index contributed by atoms with van der Waals surface area (Å²) in [6.07, 6.45) is 6.07. The smallest absolute Gasteiger partial charge is 0.233 e. The summed E-state index contributed by atoms with van der Waals surface area (Å²) in [5.74, 6) is 0.570. The minimum Gasteiger partial charge on any atom is -0.361 e. The largest absolute Gasteiger partial charge is 0.361 e. The van der Waals surface area contributed by atoms with Crippen LogP contribution in [0.2, 0.25) is 0 Å². The van der Waals surface area contributed by atoms with Crippen LogP contribution in [0, 0.1) is 0 Å². The van der Waals surface area contributed by atoms with Crippen molar-refractivity contribution in [1.29, 1.82) is 0 Å². The van der Waals surface area contributed by atoms with Gasteiger partial charge in [0.2, 0.25) is 10.0 Å². The number of nitrogens with one attached hydrogen (secondary N) is 2. The summed E-state index contributed by atoms with van der Waals surface area (Å²) >= 11 is 0. The molecule has 2 heterocycles. The second kappa shape index (κ2) is 6.47. The number of aromatic amines is 1. The Bertz CT molecular complexity index is 815. The van der Waals surface area contributed by atoms with E-state index < -0.39 is 10.0 Å². The molecule has 1 aliphatic heterocycles. The summed E-state index contributed by atoms with van der Waals surface area (Å²) in [5.41, 5.74) is 3.34. The zero-order valence-electron chi connectivity index (χ0n) is 13.5. The molecule has 1 aromatic heterocycles. The molecule has 1 saturated heterocycles. The van der Waals surface area contributed by atoms with E-state index in [-0.39, 0.29) is 0 Å². The molecule has 2 N–H and O–H groups in total. The predicted octanol–water partition coefficient (Wildman–Crippen LogP) is 2.50. The van der Waals surface area contributed by atoms with Crippen molar-refractivity contribution < 1.29 is 8.42 Å². The summed E-state index contributed by atoms with van der Waals surface area (Å²) in [7, 11) is 0.235. The Kier molecular flexibility index (Phi) is 4.57. The lowest BCUT2D eigenvalue weighted by Crippen LogP contribution is -2.29. The second-order valence-corrected chi connectivity index (χ2v) is 7.95. The second-order valence-electron chi connectivity index (χ2n) is 6.18. The molecule has 124 valence electrons. The fraction of sp³-hybridized carbons (Fsp3) is 0.412. The molecule has 0 unspecified atom stereocenters. The molecule has 5 nitrogen and oxygen atoms in total. The van der Waals surface area contributed by atoms with Gasteiger partial charge in [-0.25, -0.2) is 13.1 Å². The van der Waals surface area contributed by atoms with E-state index in [9.17, 15) is 8.42 Å². The standard InChI is InChI=1S/C17H23N3O2S/c1-18-23(21,22)10-7-13-3-4-17-15(11-13)16(12-19-17)14-5-8-20(2)9-6-14/h3-4,7,10-12,14,18-19H,5-6,8-9H2,1-2H3. The highest BCUT2D eigenvalue weighted by molar-refractivity contribution is 7.92. The highest BCUT2D eigenvalue weighted by Gasteiger charge is 2.20. The van der Waals surface area contributed by atoms with Gasteiger partial charge in [-0.1, -0.05) is 6.07 Å². The van der Waals surface area contributed by atoms with E-state index in [1.54, 1.807) is 6.08 Å². The average molecular weight is 333 g/mol. The van der Waals surface area contributed by atoms with Gasteiger partial charge in [-0.05, 0) is 75.3 Å². The zero-order valence-corrected chi connectivity index (χ0v) is 14.4. The number of rotatable bonds is 4. The van der Waals surface area contributed by atoms with Crippen molar-refractivity contribution in [2.75, 3.05) is 27.2 Å². The van der Waals surface area contributed by atoms with E-state index in [0.29, 0.717) is 5.92 Å². The molecule has 2 aromatic rings. The van der Waals surface area contributed by atoms with Crippen LogP contribution >= 0.6 is 0 Å². The van der Waals surface area contributed by atoms with Crippen LogP contribution in [-0.4, -0.2) is 45.5 Å². The number of likely N-dealkylation sites (tertiary alicyclic amines) is 1. The van der Waals surface area contributed by atoms with Crippen LogP contribution in [-0.2, 0) is 10.0 Å².